The van der Waals surface area contributed by atoms with Crippen LogP contribution in [0.1, 0.15) is 43.5 Å². The normalized spacial score (nSPS) is 21.1. The summed E-state index contributed by atoms with van der Waals surface area (Å²) in [6, 6.07) is 5.69. The molecule has 0 heterocycles. The number of nitrogen functional groups attached to an aromatic ring is 1. The molecule has 1 aliphatic rings. The van der Waals surface area contributed by atoms with E-state index in [1.165, 1.54) is 20.0 Å². The Morgan fingerprint density at radius 1 is 1.47 bits per heavy atom. The average Bonchev–Trinajstić information content (AvgIpc) is 2.70. The van der Waals surface area contributed by atoms with E-state index in [9.17, 15) is 4.79 Å². The maximum Gasteiger partial charge on any atom is 0.337 e. The molecule has 0 aliphatic heterocycles. The third-order valence-electron chi connectivity index (χ3n) is 4.06. The number of rotatable bonds is 3. The van der Waals surface area contributed by atoms with Crippen LogP contribution in [0, 0.1) is 5.41 Å². The van der Waals surface area contributed by atoms with Crippen LogP contribution in [0.2, 0.25) is 0 Å². The molecule has 0 radical (unpaired) electrons. The molecule has 1 unspecified atom stereocenters. The number of benzene rings is 1. The van der Waals surface area contributed by atoms with E-state index in [0.29, 0.717) is 17.3 Å². The van der Waals surface area contributed by atoms with Crippen LogP contribution in [0.25, 0.3) is 0 Å². The molecule has 1 aromatic rings. The van der Waals surface area contributed by atoms with Gasteiger partial charge in [0.15, 0.2) is 0 Å². The number of methoxy groups -OCH3 is 1. The van der Waals surface area contributed by atoms with Gasteiger partial charge in [0.1, 0.15) is 0 Å². The molecule has 1 aromatic carbocycles. The molecule has 2 rings (SSSR count). The first-order chi connectivity index (χ1) is 8.94. The quantitative estimate of drug-likeness (QED) is 0.649. The van der Waals surface area contributed by atoms with Crippen LogP contribution in [0.5, 0.6) is 0 Å². The van der Waals surface area contributed by atoms with Gasteiger partial charge in [-0.15, -0.1) is 0 Å². The second-order valence-corrected chi connectivity index (χ2v) is 5.87. The molecule has 1 aliphatic carbocycles. The van der Waals surface area contributed by atoms with Crippen molar-refractivity contribution in [2.24, 2.45) is 5.41 Å². The van der Waals surface area contributed by atoms with Crippen LogP contribution < -0.4 is 11.1 Å². The largest absolute Gasteiger partial charge is 0.465 e. The standard InChI is InChI=1S/C15H22N2O2/c1-15(2)8-4-5-13(15)17-12-7-6-10(9-11(12)16)14(18)19-3/h6-7,9,13,17H,4-5,8,16H2,1-3H3. The van der Waals surface area contributed by atoms with Crippen LogP contribution in [0.4, 0.5) is 11.4 Å². The lowest BCUT2D eigenvalue weighted by molar-refractivity contribution is 0.0601. The topological polar surface area (TPSA) is 64.3 Å². The predicted molar refractivity (Wildman–Crippen MR) is 77.2 cm³/mol. The lowest BCUT2D eigenvalue weighted by Gasteiger charge is -2.29. The van der Waals surface area contributed by atoms with E-state index in [1.54, 1.807) is 12.1 Å². The Kier molecular flexibility index (Phi) is 3.69. The minimum atomic E-state index is -0.362. The van der Waals surface area contributed by atoms with Crippen LogP contribution in [0.3, 0.4) is 0 Å². The lowest BCUT2D eigenvalue weighted by Crippen LogP contribution is -2.31. The van der Waals surface area contributed by atoms with Crippen LogP contribution >= 0.6 is 0 Å². The summed E-state index contributed by atoms with van der Waals surface area (Å²) >= 11 is 0. The Balaban J connectivity index is 2.16. The Hall–Kier alpha value is -1.71. The number of esters is 1. The van der Waals surface area contributed by atoms with E-state index < -0.39 is 0 Å². The van der Waals surface area contributed by atoms with E-state index in [0.717, 1.165) is 12.1 Å². The Labute approximate surface area is 114 Å². The number of carbonyl (C=O) groups excluding carboxylic acids is 1. The minimum absolute atomic E-state index is 0.285. The van der Waals surface area contributed by atoms with Gasteiger partial charge < -0.3 is 15.8 Å². The van der Waals surface area contributed by atoms with Crippen LogP contribution in [0.15, 0.2) is 18.2 Å². The van der Waals surface area contributed by atoms with E-state index in [-0.39, 0.29) is 11.4 Å². The average molecular weight is 262 g/mol. The third kappa shape index (κ3) is 2.83. The molecule has 4 heteroatoms. The molecule has 104 valence electrons. The number of hydrogen-bond donors (Lipinski definition) is 2. The molecular weight excluding hydrogens is 240 g/mol. The Morgan fingerprint density at radius 2 is 2.21 bits per heavy atom. The number of nitrogens with one attached hydrogen (secondary N) is 1. The summed E-state index contributed by atoms with van der Waals surface area (Å²) in [4.78, 5) is 11.4. The summed E-state index contributed by atoms with van der Waals surface area (Å²) in [5, 5.41) is 3.51. The minimum Gasteiger partial charge on any atom is -0.465 e. The highest BCUT2D eigenvalue weighted by Crippen LogP contribution is 2.39. The van der Waals surface area contributed by atoms with Crippen molar-refractivity contribution in [3.8, 4) is 0 Å². The highest BCUT2D eigenvalue weighted by atomic mass is 16.5. The van der Waals surface area contributed by atoms with Crippen LogP contribution in [-0.4, -0.2) is 19.1 Å². The maximum absolute atomic E-state index is 11.4. The van der Waals surface area contributed by atoms with Gasteiger partial charge in [-0.05, 0) is 36.5 Å². The van der Waals surface area contributed by atoms with E-state index in [4.69, 9.17) is 5.73 Å². The van der Waals surface area contributed by atoms with Crippen molar-refractivity contribution in [1.29, 1.82) is 0 Å². The summed E-state index contributed by atoms with van der Waals surface area (Å²) in [6.45, 7) is 4.55. The Morgan fingerprint density at radius 3 is 2.74 bits per heavy atom. The van der Waals surface area contributed by atoms with Crippen molar-refractivity contribution >= 4 is 17.3 Å². The SMILES string of the molecule is COC(=O)c1ccc(NC2CCCC2(C)C)c(N)c1. The highest BCUT2D eigenvalue weighted by Gasteiger charge is 2.34. The number of carbonyl (C=O) groups is 1. The fraction of sp³-hybridized carbons (Fsp3) is 0.533. The first-order valence-corrected chi connectivity index (χ1v) is 6.68. The number of hydrogen-bond acceptors (Lipinski definition) is 4. The van der Waals surface area contributed by atoms with Crippen molar-refractivity contribution in [3.05, 3.63) is 23.8 Å². The van der Waals surface area contributed by atoms with Gasteiger partial charge in [0.05, 0.1) is 24.0 Å². The second-order valence-electron chi connectivity index (χ2n) is 5.87. The van der Waals surface area contributed by atoms with Gasteiger partial charge in [0, 0.05) is 6.04 Å². The molecule has 0 spiro atoms. The maximum atomic E-state index is 11.4. The molecule has 0 bridgehead atoms. The van der Waals surface area contributed by atoms with Crippen LogP contribution in [-0.2, 0) is 4.74 Å². The first-order valence-electron chi connectivity index (χ1n) is 6.68. The molecule has 0 aromatic heterocycles. The molecule has 1 atom stereocenters. The first kappa shape index (κ1) is 13.7. The fourth-order valence-corrected chi connectivity index (χ4v) is 2.72. The molecule has 1 fully saturated rings. The van der Waals surface area contributed by atoms with Gasteiger partial charge in [-0.1, -0.05) is 20.3 Å². The molecule has 3 N–H and O–H groups in total. The molecule has 19 heavy (non-hydrogen) atoms. The van der Waals surface area contributed by atoms with Crippen molar-refractivity contribution in [2.45, 2.75) is 39.2 Å². The lowest BCUT2D eigenvalue weighted by atomic mass is 9.87. The zero-order valence-corrected chi connectivity index (χ0v) is 11.8. The van der Waals surface area contributed by atoms with E-state index in [1.807, 2.05) is 6.07 Å². The Bertz CT molecular complexity index is 483. The summed E-state index contributed by atoms with van der Waals surface area (Å²) in [7, 11) is 1.37. The molecular formula is C15H22N2O2. The molecule has 4 nitrogen and oxygen atoms in total. The fourth-order valence-electron chi connectivity index (χ4n) is 2.72. The molecule has 0 saturated heterocycles. The smallest absolute Gasteiger partial charge is 0.337 e. The van der Waals surface area contributed by atoms with Gasteiger partial charge in [-0.3, -0.25) is 0 Å². The highest BCUT2D eigenvalue weighted by molar-refractivity contribution is 5.91. The van der Waals surface area contributed by atoms with Crippen molar-refractivity contribution in [1.82, 2.24) is 0 Å². The summed E-state index contributed by atoms with van der Waals surface area (Å²) in [5.74, 6) is -0.362. The number of anilines is 2. The van der Waals surface area contributed by atoms with Gasteiger partial charge in [0.25, 0.3) is 0 Å². The summed E-state index contributed by atoms with van der Waals surface area (Å²) in [5.41, 5.74) is 8.26. The van der Waals surface area contributed by atoms with E-state index >= 15 is 0 Å². The predicted octanol–water partition coefficient (Wildman–Crippen LogP) is 3.05. The third-order valence-corrected chi connectivity index (χ3v) is 4.06. The summed E-state index contributed by atoms with van der Waals surface area (Å²) < 4.78 is 4.68. The van der Waals surface area contributed by atoms with Crippen molar-refractivity contribution in [2.75, 3.05) is 18.2 Å². The van der Waals surface area contributed by atoms with Gasteiger partial charge in [0.2, 0.25) is 0 Å². The monoisotopic (exact) mass is 262 g/mol. The zero-order chi connectivity index (χ0) is 14.0. The molecule has 0 amide bonds. The van der Waals surface area contributed by atoms with Gasteiger partial charge in [-0.25, -0.2) is 4.79 Å². The van der Waals surface area contributed by atoms with E-state index in [2.05, 4.69) is 23.9 Å². The zero-order valence-electron chi connectivity index (χ0n) is 11.8. The van der Waals surface area contributed by atoms with Crippen molar-refractivity contribution < 1.29 is 9.53 Å². The van der Waals surface area contributed by atoms with Gasteiger partial charge >= 0.3 is 5.97 Å². The van der Waals surface area contributed by atoms with Gasteiger partial charge in [-0.2, -0.15) is 0 Å². The summed E-state index contributed by atoms with van der Waals surface area (Å²) in [6.07, 6.45) is 3.63. The second kappa shape index (κ2) is 5.11. The van der Waals surface area contributed by atoms with Crippen molar-refractivity contribution in [3.63, 3.8) is 0 Å². The number of nitrogens with two attached hydrogens (primary N) is 1. The number of ether oxygens (including phenoxy) is 1. The molecule has 1 saturated carbocycles.